The van der Waals surface area contributed by atoms with E-state index < -0.39 is 11.7 Å². The molecular weight excluding hydrogens is 469 g/mol. The molecule has 0 spiro atoms. The molecule has 0 N–H and O–H groups in total. The van der Waals surface area contributed by atoms with Crippen LogP contribution in [-0.4, -0.2) is 44.9 Å². The molecule has 0 unspecified atom stereocenters. The number of Topliss-reactive ketones (excluding diaryl/α,β-unsaturated/α-hetero) is 1. The van der Waals surface area contributed by atoms with E-state index in [1.165, 1.54) is 18.3 Å². The number of carbonyl (C=O) groups is 2. The normalized spacial score (nSPS) is 15.2. The molecule has 2 heterocycles. The molecule has 1 aliphatic rings. The first-order valence-electron chi connectivity index (χ1n) is 11.8. The number of alkyl halides is 3. The Hall–Kier alpha value is -3.49. The lowest BCUT2D eigenvalue weighted by Gasteiger charge is -2.29. The van der Waals surface area contributed by atoms with Gasteiger partial charge in [-0.15, -0.1) is 0 Å². The molecule has 2 aromatic heterocycles. The summed E-state index contributed by atoms with van der Waals surface area (Å²) in [5.41, 5.74) is 1.18. The Balaban J connectivity index is 1.76. The second kappa shape index (κ2) is 9.19. The first-order valence-corrected chi connectivity index (χ1v) is 11.8. The van der Waals surface area contributed by atoms with Crippen LogP contribution in [-0.2, 0) is 12.6 Å². The van der Waals surface area contributed by atoms with Crippen molar-refractivity contribution in [2.24, 2.45) is 11.3 Å². The maximum Gasteiger partial charge on any atom is 0.416 e. The number of aromatic nitrogens is 3. The highest BCUT2D eigenvalue weighted by Gasteiger charge is 2.37. The van der Waals surface area contributed by atoms with E-state index in [2.05, 4.69) is 10.1 Å². The molecule has 1 aromatic carbocycles. The Labute approximate surface area is 208 Å². The average Bonchev–Trinajstić information content (AvgIpc) is 3.16. The van der Waals surface area contributed by atoms with Gasteiger partial charge in [-0.3, -0.25) is 9.59 Å². The van der Waals surface area contributed by atoms with E-state index in [0.29, 0.717) is 59.2 Å². The lowest BCUT2D eigenvalue weighted by atomic mass is 9.75. The lowest BCUT2D eigenvalue weighted by Crippen LogP contribution is -2.30. The van der Waals surface area contributed by atoms with Gasteiger partial charge in [0, 0.05) is 31.8 Å². The molecule has 0 fully saturated rings. The van der Waals surface area contributed by atoms with Crippen molar-refractivity contribution in [1.29, 1.82) is 0 Å². The van der Waals surface area contributed by atoms with Crippen molar-refractivity contribution in [3.63, 3.8) is 0 Å². The molecule has 6 nitrogen and oxygen atoms in total. The smallest absolute Gasteiger partial charge is 0.341 e. The van der Waals surface area contributed by atoms with Gasteiger partial charge in [0.15, 0.2) is 11.6 Å². The van der Waals surface area contributed by atoms with Crippen molar-refractivity contribution >= 4 is 11.7 Å². The number of hydrogen-bond acceptors (Lipinski definition) is 4. The van der Waals surface area contributed by atoms with Gasteiger partial charge in [0.1, 0.15) is 5.69 Å². The van der Waals surface area contributed by atoms with E-state index in [1.54, 1.807) is 28.8 Å². The molecule has 1 amide bonds. The number of pyridine rings is 1. The molecule has 0 radical (unpaired) electrons. The third kappa shape index (κ3) is 5.05. The van der Waals surface area contributed by atoms with E-state index in [1.807, 2.05) is 27.7 Å². The van der Waals surface area contributed by atoms with Crippen molar-refractivity contribution in [3.05, 3.63) is 65.0 Å². The summed E-state index contributed by atoms with van der Waals surface area (Å²) in [6, 6.07) is 8.00. The fourth-order valence-electron chi connectivity index (χ4n) is 4.65. The van der Waals surface area contributed by atoms with E-state index in [4.69, 9.17) is 0 Å². The fraction of sp³-hybridized carbons (Fsp3) is 0.407. The number of fused-ring (bicyclic) bond motifs is 1. The molecule has 190 valence electrons. The third-order valence-corrected chi connectivity index (χ3v) is 6.23. The minimum atomic E-state index is -4.45. The number of hydrogen-bond donors (Lipinski definition) is 0. The van der Waals surface area contributed by atoms with E-state index in [-0.39, 0.29) is 17.1 Å². The second-order valence-electron chi connectivity index (χ2n) is 10.6. The van der Waals surface area contributed by atoms with Crippen LogP contribution in [0.4, 0.5) is 13.2 Å². The van der Waals surface area contributed by atoms with Crippen molar-refractivity contribution in [2.75, 3.05) is 13.6 Å². The summed E-state index contributed by atoms with van der Waals surface area (Å²) in [5, 5.41) is 4.65. The van der Waals surface area contributed by atoms with Crippen LogP contribution >= 0.6 is 0 Å². The summed E-state index contributed by atoms with van der Waals surface area (Å²) < 4.78 is 40.8. The van der Waals surface area contributed by atoms with Crippen LogP contribution in [0.15, 0.2) is 42.6 Å². The first-order chi connectivity index (χ1) is 16.8. The molecule has 3 aromatic rings. The number of ketones is 1. The summed E-state index contributed by atoms with van der Waals surface area (Å²) >= 11 is 0. The standard InChI is InChI=1S/C27H29F3N4O2/c1-16(2)15-33(5)25(36)18-8-11-22(31-14-18)34-20-12-26(3,4)13-21(35)23(20)24(32-34)17-6-9-19(10-7-17)27(28,29)30/h6-11,14,16H,12-13,15H2,1-5H3. The van der Waals surface area contributed by atoms with Gasteiger partial charge >= 0.3 is 6.18 Å². The highest BCUT2D eigenvalue weighted by atomic mass is 19.4. The molecule has 4 rings (SSSR count). The fourth-order valence-corrected chi connectivity index (χ4v) is 4.65. The van der Waals surface area contributed by atoms with Crippen LogP contribution in [0.5, 0.6) is 0 Å². The largest absolute Gasteiger partial charge is 0.416 e. The predicted octanol–water partition coefficient (Wildman–Crippen LogP) is 5.84. The summed E-state index contributed by atoms with van der Waals surface area (Å²) in [7, 11) is 1.74. The number of benzene rings is 1. The topological polar surface area (TPSA) is 68.1 Å². The number of carbonyl (C=O) groups excluding carboxylic acids is 2. The number of rotatable bonds is 5. The number of nitrogens with zero attached hydrogens (tertiary/aromatic N) is 4. The SMILES string of the molecule is CC(C)CN(C)C(=O)c1ccc(-n2nc(-c3ccc(C(F)(F)F)cc3)c3c2CC(C)(C)CC3=O)nc1. The molecule has 36 heavy (non-hydrogen) atoms. The monoisotopic (exact) mass is 498 g/mol. The zero-order chi connectivity index (χ0) is 26.4. The van der Waals surface area contributed by atoms with Crippen molar-refractivity contribution < 1.29 is 22.8 Å². The van der Waals surface area contributed by atoms with Crippen LogP contribution in [0.3, 0.4) is 0 Å². The molecule has 0 aliphatic heterocycles. The zero-order valence-electron chi connectivity index (χ0n) is 21.0. The van der Waals surface area contributed by atoms with Crippen LogP contribution in [0.1, 0.15) is 66.1 Å². The predicted molar refractivity (Wildman–Crippen MR) is 130 cm³/mol. The Morgan fingerprint density at radius 2 is 1.78 bits per heavy atom. The quantitative estimate of drug-likeness (QED) is 0.444. The van der Waals surface area contributed by atoms with Crippen LogP contribution in [0.2, 0.25) is 0 Å². The lowest BCUT2D eigenvalue weighted by molar-refractivity contribution is -0.137. The van der Waals surface area contributed by atoms with Gasteiger partial charge in [-0.25, -0.2) is 9.67 Å². The van der Waals surface area contributed by atoms with Gasteiger partial charge in [-0.2, -0.15) is 18.3 Å². The van der Waals surface area contributed by atoms with Crippen molar-refractivity contribution in [1.82, 2.24) is 19.7 Å². The van der Waals surface area contributed by atoms with Gasteiger partial charge < -0.3 is 4.90 Å². The molecule has 0 atom stereocenters. The van der Waals surface area contributed by atoms with E-state index in [9.17, 15) is 22.8 Å². The van der Waals surface area contributed by atoms with Crippen LogP contribution in [0, 0.1) is 11.3 Å². The van der Waals surface area contributed by atoms with Gasteiger partial charge in [-0.05, 0) is 42.0 Å². The van der Waals surface area contributed by atoms with Crippen LogP contribution in [0.25, 0.3) is 17.1 Å². The average molecular weight is 499 g/mol. The minimum Gasteiger partial charge on any atom is -0.341 e. The molecule has 0 bridgehead atoms. The number of amides is 1. The van der Waals surface area contributed by atoms with Crippen molar-refractivity contribution in [3.8, 4) is 17.1 Å². The first kappa shape index (κ1) is 25.6. The van der Waals surface area contributed by atoms with E-state index in [0.717, 1.165) is 12.1 Å². The summed E-state index contributed by atoms with van der Waals surface area (Å²) in [5.74, 6) is 0.501. The van der Waals surface area contributed by atoms with Gasteiger partial charge in [0.25, 0.3) is 5.91 Å². The highest BCUT2D eigenvalue weighted by Crippen LogP contribution is 2.40. The van der Waals surface area contributed by atoms with Gasteiger partial charge in [0.2, 0.25) is 0 Å². The Kier molecular flexibility index (Phi) is 6.53. The summed E-state index contributed by atoms with van der Waals surface area (Å²) in [6.45, 7) is 8.65. The number of halogens is 3. The second-order valence-corrected chi connectivity index (χ2v) is 10.6. The Bertz CT molecular complexity index is 1290. The third-order valence-electron chi connectivity index (χ3n) is 6.23. The minimum absolute atomic E-state index is 0.107. The van der Waals surface area contributed by atoms with Crippen molar-refractivity contribution in [2.45, 2.75) is 46.7 Å². The summed E-state index contributed by atoms with van der Waals surface area (Å²) in [4.78, 5) is 32.0. The van der Waals surface area contributed by atoms with E-state index >= 15 is 0 Å². The maximum absolute atomic E-state index is 13.2. The van der Waals surface area contributed by atoms with Crippen LogP contribution < -0.4 is 0 Å². The molecular formula is C27H29F3N4O2. The Morgan fingerprint density at radius 1 is 1.11 bits per heavy atom. The molecule has 0 saturated heterocycles. The van der Waals surface area contributed by atoms with Gasteiger partial charge in [-0.1, -0.05) is 39.8 Å². The Morgan fingerprint density at radius 3 is 2.33 bits per heavy atom. The van der Waals surface area contributed by atoms with Gasteiger partial charge in [0.05, 0.1) is 22.4 Å². The molecule has 0 saturated carbocycles. The maximum atomic E-state index is 13.2. The zero-order valence-corrected chi connectivity index (χ0v) is 21.0. The summed E-state index contributed by atoms with van der Waals surface area (Å²) in [6.07, 6.45) is -2.12. The molecule has 9 heteroatoms. The highest BCUT2D eigenvalue weighted by molar-refractivity contribution is 6.04. The molecule has 1 aliphatic carbocycles.